The largest absolute Gasteiger partial charge is 0.477 e. The Morgan fingerprint density at radius 2 is 1.84 bits per heavy atom. The molecule has 132 valence electrons. The van der Waals surface area contributed by atoms with Crippen LogP contribution in [0.4, 0.5) is 4.39 Å². The fraction of sp³-hybridized carbons (Fsp3) is 0.294. The molecule has 0 amide bonds. The van der Waals surface area contributed by atoms with Crippen molar-refractivity contribution in [3.05, 3.63) is 58.0 Å². The molecule has 0 atom stereocenters. The van der Waals surface area contributed by atoms with E-state index in [9.17, 15) is 18.8 Å². The first kappa shape index (κ1) is 18.3. The van der Waals surface area contributed by atoms with E-state index < -0.39 is 34.5 Å². The van der Waals surface area contributed by atoms with Crippen molar-refractivity contribution >= 4 is 11.9 Å². The number of carbonyl (C=O) groups excluding carboxylic acids is 1. The van der Waals surface area contributed by atoms with Crippen LogP contribution in [0.15, 0.2) is 35.3 Å². The van der Waals surface area contributed by atoms with Crippen molar-refractivity contribution in [1.82, 2.24) is 9.55 Å². The van der Waals surface area contributed by atoms with Crippen molar-refractivity contribution in [3.8, 4) is 5.69 Å². The minimum Gasteiger partial charge on any atom is -0.477 e. The lowest BCUT2D eigenvalue weighted by Gasteiger charge is -2.20. The molecule has 1 N–H and O–H groups in total. The number of hydrogen-bond acceptors (Lipinski definition) is 5. The van der Waals surface area contributed by atoms with E-state index in [1.165, 1.54) is 12.1 Å². The molecule has 0 saturated carbocycles. The zero-order chi connectivity index (χ0) is 18.8. The van der Waals surface area contributed by atoms with Gasteiger partial charge in [0.2, 0.25) is 0 Å². The van der Waals surface area contributed by atoms with Crippen LogP contribution in [-0.4, -0.2) is 32.2 Å². The molecule has 1 aromatic carbocycles. The predicted molar refractivity (Wildman–Crippen MR) is 86.3 cm³/mol. The molecule has 0 bridgehead atoms. The lowest BCUT2D eigenvalue weighted by Crippen LogP contribution is -2.31. The number of halogens is 1. The Labute approximate surface area is 142 Å². The summed E-state index contributed by atoms with van der Waals surface area (Å²) < 4.78 is 19.3. The van der Waals surface area contributed by atoms with E-state index in [2.05, 4.69) is 4.98 Å². The fourth-order valence-corrected chi connectivity index (χ4v) is 2.12. The Morgan fingerprint density at radius 1 is 1.24 bits per heavy atom. The van der Waals surface area contributed by atoms with Crippen molar-refractivity contribution in [2.24, 2.45) is 0 Å². The normalized spacial score (nSPS) is 11.2. The van der Waals surface area contributed by atoms with Gasteiger partial charge in [-0.05, 0) is 45.0 Å². The minimum absolute atomic E-state index is 0.00384. The van der Waals surface area contributed by atoms with Crippen molar-refractivity contribution in [3.63, 3.8) is 0 Å². The van der Waals surface area contributed by atoms with E-state index in [0.717, 1.165) is 22.9 Å². The molecule has 1 aromatic heterocycles. The van der Waals surface area contributed by atoms with Gasteiger partial charge in [-0.3, -0.25) is 14.2 Å². The molecule has 0 saturated heterocycles. The maximum Gasteiger partial charge on any atom is 0.342 e. The lowest BCUT2D eigenvalue weighted by molar-refractivity contribution is -0.154. The number of nitrogens with zero attached hydrogens (tertiary/aromatic N) is 2. The number of aromatic nitrogens is 2. The van der Waals surface area contributed by atoms with Crippen LogP contribution in [0.3, 0.4) is 0 Å². The summed E-state index contributed by atoms with van der Waals surface area (Å²) >= 11 is 0. The van der Waals surface area contributed by atoms with Gasteiger partial charge in [-0.15, -0.1) is 0 Å². The van der Waals surface area contributed by atoms with Gasteiger partial charge in [0.25, 0.3) is 5.56 Å². The molecule has 0 aliphatic carbocycles. The third kappa shape index (κ3) is 4.50. The van der Waals surface area contributed by atoms with Gasteiger partial charge >= 0.3 is 11.9 Å². The van der Waals surface area contributed by atoms with Crippen LogP contribution in [-0.2, 0) is 16.0 Å². The number of carboxylic acids is 1. The molecule has 0 aliphatic rings. The number of hydrogen-bond donors (Lipinski definition) is 1. The molecule has 0 spiro atoms. The summed E-state index contributed by atoms with van der Waals surface area (Å²) in [7, 11) is 0. The van der Waals surface area contributed by atoms with E-state index >= 15 is 0 Å². The maximum absolute atomic E-state index is 13.1. The van der Waals surface area contributed by atoms with Gasteiger partial charge in [0.05, 0.1) is 5.69 Å². The van der Waals surface area contributed by atoms with Crippen molar-refractivity contribution in [1.29, 1.82) is 0 Å². The van der Waals surface area contributed by atoms with Crippen LogP contribution in [0, 0.1) is 5.82 Å². The van der Waals surface area contributed by atoms with Crippen molar-refractivity contribution in [2.75, 3.05) is 0 Å². The first-order valence-corrected chi connectivity index (χ1v) is 7.40. The Balaban J connectivity index is 2.54. The summed E-state index contributed by atoms with van der Waals surface area (Å²) in [5.41, 5.74) is -1.95. The molecule has 7 nitrogen and oxygen atoms in total. The Bertz CT molecular complexity index is 866. The topological polar surface area (TPSA) is 98.5 Å². The van der Waals surface area contributed by atoms with Crippen LogP contribution in [0.25, 0.3) is 5.69 Å². The number of rotatable bonds is 4. The van der Waals surface area contributed by atoms with Crippen molar-refractivity contribution in [2.45, 2.75) is 32.8 Å². The number of carboxylic acid groups (broad SMARTS) is 1. The first-order chi connectivity index (χ1) is 11.6. The van der Waals surface area contributed by atoms with Gasteiger partial charge < -0.3 is 9.84 Å². The number of carbonyl (C=O) groups is 2. The van der Waals surface area contributed by atoms with E-state index in [-0.39, 0.29) is 17.9 Å². The molecule has 2 rings (SSSR count). The quantitative estimate of drug-likeness (QED) is 0.848. The average Bonchev–Trinajstić information content (AvgIpc) is 2.46. The maximum atomic E-state index is 13.1. The Hall–Kier alpha value is -3.03. The molecule has 0 fully saturated rings. The summed E-state index contributed by atoms with van der Waals surface area (Å²) in [6.45, 7) is 5.08. The summed E-state index contributed by atoms with van der Waals surface area (Å²) in [4.78, 5) is 39.6. The molecule has 25 heavy (non-hydrogen) atoms. The Morgan fingerprint density at radius 3 is 2.36 bits per heavy atom. The third-order valence-corrected chi connectivity index (χ3v) is 3.07. The monoisotopic (exact) mass is 348 g/mol. The number of aromatic carboxylic acids is 1. The van der Waals surface area contributed by atoms with E-state index in [1.807, 2.05) is 0 Å². The summed E-state index contributed by atoms with van der Waals surface area (Å²) in [6.07, 6.45) is 0.550. The molecule has 1 heterocycles. The van der Waals surface area contributed by atoms with Gasteiger partial charge in [0.1, 0.15) is 29.2 Å². The second kappa shape index (κ2) is 6.84. The minimum atomic E-state index is -1.45. The SMILES string of the molecule is CC(C)(C)OC(=O)Cc1ncc(C(=O)O)c(=O)n1-c1ccc(F)cc1. The summed E-state index contributed by atoms with van der Waals surface area (Å²) in [6, 6.07) is 4.82. The highest BCUT2D eigenvalue weighted by atomic mass is 19.1. The standard InChI is InChI=1S/C17H17FN2O5/c1-17(2,3)25-14(21)8-13-19-9-12(16(23)24)15(22)20(13)11-6-4-10(18)5-7-11/h4-7,9H,8H2,1-3H3,(H,23,24). The summed E-state index contributed by atoms with van der Waals surface area (Å²) in [5, 5.41) is 9.10. The fourth-order valence-electron chi connectivity index (χ4n) is 2.12. The lowest BCUT2D eigenvalue weighted by atomic mass is 10.2. The number of esters is 1. The molecule has 0 aliphatic heterocycles. The second-order valence-corrected chi connectivity index (χ2v) is 6.27. The molecule has 0 unspecified atom stereocenters. The van der Waals surface area contributed by atoms with Crippen LogP contribution in [0.2, 0.25) is 0 Å². The molecule has 0 radical (unpaired) electrons. The third-order valence-electron chi connectivity index (χ3n) is 3.07. The van der Waals surface area contributed by atoms with Gasteiger partial charge in [-0.25, -0.2) is 14.2 Å². The van der Waals surface area contributed by atoms with Crippen LogP contribution >= 0.6 is 0 Å². The van der Waals surface area contributed by atoms with E-state index in [1.54, 1.807) is 20.8 Å². The zero-order valence-electron chi connectivity index (χ0n) is 13.9. The van der Waals surface area contributed by atoms with Gasteiger partial charge in [-0.2, -0.15) is 0 Å². The highest BCUT2D eigenvalue weighted by Crippen LogP contribution is 2.13. The van der Waals surface area contributed by atoms with Gasteiger partial charge in [0.15, 0.2) is 0 Å². The highest BCUT2D eigenvalue weighted by molar-refractivity contribution is 5.86. The smallest absolute Gasteiger partial charge is 0.342 e. The Kier molecular flexibility index (Phi) is 5.01. The number of benzene rings is 1. The van der Waals surface area contributed by atoms with Gasteiger partial charge in [-0.1, -0.05) is 0 Å². The predicted octanol–water partition coefficient (Wildman–Crippen LogP) is 1.95. The highest BCUT2D eigenvalue weighted by Gasteiger charge is 2.22. The van der Waals surface area contributed by atoms with E-state index in [4.69, 9.17) is 9.84 Å². The van der Waals surface area contributed by atoms with E-state index in [0.29, 0.717) is 0 Å². The summed E-state index contributed by atoms with van der Waals surface area (Å²) in [5.74, 6) is -2.60. The van der Waals surface area contributed by atoms with Crippen molar-refractivity contribution < 1.29 is 23.8 Å². The van der Waals surface area contributed by atoms with Gasteiger partial charge in [0, 0.05) is 6.20 Å². The molecular weight excluding hydrogens is 331 g/mol. The molecular formula is C17H17FN2O5. The molecule has 2 aromatic rings. The second-order valence-electron chi connectivity index (χ2n) is 6.27. The first-order valence-electron chi connectivity index (χ1n) is 7.40. The zero-order valence-corrected chi connectivity index (χ0v) is 13.9. The van der Waals surface area contributed by atoms with Crippen LogP contribution < -0.4 is 5.56 Å². The van der Waals surface area contributed by atoms with Crippen LogP contribution in [0.5, 0.6) is 0 Å². The average molecular weight is 348 g/mol. The van der Waals surface area contributed by atoms with Crippen LogP contribution in [0.1, 0.15) is 37.0 Å². The number of ether oxygens (including phenoxy) is 1. The molecule has 8 heteroatoms.